The Hall–Kier alpha value is -3.53. The summed E-state index contributed by atoms with van der Waals surface area (Å²) < 4.78 is 10.3. The van der Waals surface area contributed by atoms with Crippen LogP contribution in [0.2, 0.25) is 0 Å². The van der Waals surface area contributed by atoms with Crippen LogP contribution in [0.15, 0.2) is 42.5 Å². The normalized spacial score (nSPS) is 10.3. The van der Waals surface area contributed by atoms with Gasteiger partial charge in [-0.3, -0.25) is 25.0 Å². The van der Waals surface area contributed by atoms with Crippen LogP contribution in [0, 0.1) is 20.2 Å². The fraction of sp³-hybridized carbons (Fsp3) is 0.235. The van der Waals surface area contributed by atoms with Crippen LogP contribution >= 0.6 is 0 Å². The molecule has 142 valence electrons. The van der Waals surface area contributed by atoms with E-state index in [1.807, 2.05) is 0 Å². The summed E-state index contributed by atoms with van der Waals surface area (Å²) in [6.45, 7) is 1.02. The zero-order chi connectivity index (χ0) is 19.8. The van der Waals surface area contributed by atoms with Gasteiger partial charge in [-0.25, -0.2) is 0 Å². The monoisotopic (exact) mass is 375 g/mol. The third kappa shape index (κ3) is 5.75. The van der Waals surface area contributed by atoms with E-state index in [1.54, 1.807) is 7.11 Å². The number of nitrogens with one attached hydrogen (secondary N) is 1. The molecule has 0 saturated carbocycles. The van der Waals surface area contributed by atoms with Gasteiger partial charge in [0.1, 0.15) is 11.5 Å². The van der Waals surface area contributed by atoms with E-state index in [-0.39, 0.29) is 17.4 Å². The smallest absolute Gasteiger partial charge is 0.280 e. The van der Waals surface area contributed by atoms with Crippen molar-refractivity contribution in [3.63, 3.8) is 0 Å². The average molecular weight is 375 g/mol. The van der Waals surface area contributed by atoms with Crippen molar-refractivity contribution in [1.82, 2.24) is 5.32 Å². The highest BCUT2D eigenvalue weighted by atomic mass is 16.6. The number of non-ortho nitro benzene ring substituents is 2. The highest BCUT2D eigenvalue weighted by molar-refractivity contribution is 5.94. The Morgan fingerprint density at radius 1 is 1.00 bits per heavy atom. The molecule has 0 heterocycles. The maximum atomic E-state index is 12.0. The molecule has 0 aliphatic heterocycles. The van der Waals surface area contributed by atoms with E-state index in [0.29, 0.717) is 25.1 Å². The number of rotatable bonds is 9. The minimum atomic E-state index is -0.739. The number of nitro groups is 2. The Labute approximate surface area is 154 Å². The number of hydrogen-bond acceptors (Lipinski definition) is 7. The van der Waals surface area contributed by atoms with Gasteiger partial charge in [-0.2, -0.15) is 0 Å². The zero-order valence-electron chi connectivity index (χ0n) is 14.4. The second kappa shape index (κ2) is 9.25. The van der Waals surface area contributed by atoms with Gasteiger partial charge in [0.25, 0.3) is 17.3 Å². The van der Waals surface area contributed by atoms with Crippen molar-refractivity contribution in [3.05, 3.63) is 68.3 Å². The summed E-state index contributed by atoms with van der Waals surface area (Å²) in [5.41, 5.74) is -0.498. The molecule has 0 aliphatic rings. The first-order valence-electron chi connectivity index (χ1n) is 7.89. The molecule has 0 spiro atoms. The number of hydrogen-bond donors (Lipinski definition) is 1. The maximum Gasteiger partial charge on any atom is 0.280 e. The second-order valence-corrected chi connectivity index (χ2v) is 5.43. The number of benzene rings is 2. The van der Waals surface area contributed by atoms with Crippen LogP contribution < -0.4 is 10.1 Å². The van der Waals surface area contributed by atoms with Crippen LogP contribution in [0.1, 0.15) is 16.8 Å². The van der Waals surface area contributed by atoms with Crippen LogP contribution in [0.3, 0.4) is 0 Å². The van der Waals surface area contributed by atoms with Crippen molar-refractivity contribution >= 4 is 17.3 Å². The highest BCUT2D eigenvalue weighted by Crippen LogP contribution is 2.30. The molecule has 0 atom stereocenters. The van der Waals surface area contributed by atoms with Crippen molar-refractivity contribution in [2.75, 3.05) is 20.3 Å². The van der Waals surface area contributed by atoms with Gasteiger partial charge in [0, 0.05) is 25.8 Å². The first-order chi connectivity index (χ1) is 12.9. The predicted molar refractivity (Wildman–Crippen MR) is 95.1 cm³/mol. The van der Waals surface area contributed by atoms with E-state index in [4.69, 9.17) is 9.47 Å². The van der Waals surface area contributed by atoms with E-state index < -0.39 is 21.2 Å². The Morgan fingerprint density at radius 2 is 1.59 bits per heavy atom. The minimum Gasteiger partial charge on any atom is -0.457 e. The number of carbonyl (C=O) groups is 1. The average Bonchev–Trinajstić information content (AvgIpc) is 2.65. The third-order valence-corrected chi connectivity index (χ3v) is 3.46. The van der Waals surface area contributed by atoms with Gasteiger partial charge in [0.15, 0.2) is 0 Å². The van der Waals surface area contributed by atoms with Crippen molar-refractivity contribution in [2.45, 2.75) is 6.42 Å². The number of amides is 1. The van der Waals surface area contributed by atoms with Crippen LogP contribution in [0.25, 0.3) is 0 Å². The molecule has 0 aromatic heterocycles. The largest absolute Gasteiger partial charge is 0.457 e. The molecule has 10 nitrogen and oxygen atoms in total. The summed E-state index contributed by atoms with van der Waals surface area (Å²) in [4.78, 5) is 32.3. The van der Waals surface area contributed by atoms with E-state index in [2.05, 4.69) is 5.32 Å². The summed E-state index contributed by atoms with van der Waals surface area (Å²) >= 11 is 0. The lowest BCUT2D eigenvalue weighted by Gasteiger charge is -2.08. The van der Waals surface area contributed by atoms with Crippen LogP contribution in [0.4, 0.5) is 11.4 Å². The quantitative estimate of drug-likeness (QED) is 0.404. The van der Waals surface area contributed by atoms with Crippen molar-refractivity contribution in [1.29, 1.82) is 0 Å². The fourth-order valence-electron chi connectivity index (χ4n) is 2.17. The van der Waals surface area contributed by atoms with E-state index in [1.165, 1.54) is 24.3 Å². The summed E-state index contributed by atoms with van der Waals surface area (Å²) in [6.07, 6.45) is 0.689. The van der Waals surface area contributed by atoms with Gasteiger partial charge in [-0.15, -0.1) is 0 Å². The lowest BCUT2D eigenvalue weighted by atomic mass is 10.2. The van der Waals surface area contributed by atoms with Gasteiger partial charge in [0.05, 0.1) is 28.0 Å². The van der Waals surface area contributed by atoms with E-state index >= 15 is 0 Å². The molecule has 27 heavy (non-hydrogen) atoms. The zero-order valence-corrected chi connectivity index (χ0v) is 14.4. The Kier molecular flexibility index (Phi) is 6.78. The van der Waals surface area contributed by atoms with Gasteiger partial charge >= 0.3 is 0 Å². The first-order valence-corrected chi connectivity index (χ1v) is 7.89. The summed E-state index contributed by atoms with van der Waals surface area (Å²) in [6, 6.07) is 9.06. The van der Waals surface area contributed by atoms with Gasteiger partial charge < -0.3 is 14.8 Å². The van der Waals surface area contributed by atoms with Gasteiger partial charge in [-0.1, -0.05) is 0 Å². The molecule has 2 rings (SSSR count). The van der Waals surface area contributed by atoms with Crippen LogP contribution in [-0.4, -0.2) is 36.0 Å². The molecule has 1 N–H and O–H groups in total. The third-order valence-electron chi connectivity index (χ3n) is 3.46. The number of nitrogens with zero attached hydrogens (tertiary/aromatic N) is 2. The molecule has 0 fully saturated rings. The van der Waals surface area contributed by atoms with E-state index in [0.717, 1.165) is 18.2 Å². The van der Waals surface area contributed by atoms with Gasteiger partial charge in [0.2, 0.25) is 0 Å². The standard InChI is InChI=1S/C17H17N3O7/c1-26-8-2-7-18-17(21)12-3-5-15(6-4-12)27-16-10-13(19(22)23)9-14(11-16)20(24)25/h3-6,9-11H,2,7-8H2,1H3,(H,18,21). The molecule has 0 radical (unpaired) electrons. The van der Waals surface area contributed by atoms with Crippen LogP contribution in [-0.2, 0) is 4.74 Å². The molecule has 10 heteroatoms. The van der Waals surface area contributed by atoms with Gasteiger partial charge in [-0.05, 0) is 30.7 Å². The van der Waals surface area contributed by atoms with Crippen molar-refractivity contribution < 1.29 is 24.1 Å². The topological polar surface area (TPSA) is 134 Å². The van der Waals surface area contributed by atoms with E-state index in [9.17, 15) is 25.0 Å². The Bertz CT molecular complexity index is 805. The van der Waals surface area contributed by atoms with Crippen molar-refractivity contribution in [3.8, 4) is 11.5 Å². The summed E-state index contributed by atoms with van der Waals surface area (Å²) in [5, 5.41) is 24.5. The predicted octanol–water partition coefficient (Wildman–Crippen LogP) is 3.06. The molecule has 2 aromatic carbocycles. The molecule has 0 aliphatic carbocycles. The SMILES string of the molecule is COCCCNC(=O)c1ccc(Oc2cc([N+](=O)[O-])cc([N+](=O)[O-])c2)cc1. The van der Waals surface area contributed by atoms with Crippen molar-refractivity contribution in [2.24, 2.45) is 0 Å². The lowest BCUT2D eigenvalue weighted by molar-refractivity contribution is -0.394. The number of carbonyl (C=O) groups excluding carboxylic acids is 1. The number of ether oxygens (including phenoxy) is 2. The highest BCUT2D eigenvalue weighted by Gasteiger charge is 2.17. The minimum absolute atomic E-state index is 0.0485. The van der Waals surface area contributed by atoms with Crippen LogP contribution in [0.5, 0.6) is 11.5 Å². The fourth-order valence-corrected chi connectivity index (χ4v) is 2.17. The first kappa shape index (κ1) is 19.8. The number of methoxy groups -OCH3 is 1. The molecule has 0 bridgehead atoms. The Balaban J connectivity index is 2.09. The molecule has 1 amide bonds. The molecule has 0 saturated heterocycles. The molecular weight excluding hydrogens is 358 g/mol. The number of nitro benzene ring substituents is 2. The summed E-state index contributed by atoms with van der Waals surface area (Å²) in [5.74, 6) is -0.0305. The molecule has 0 unspecified atom stereocenters. The maximum absolute atomic E-state index is 12.0. The lowest BCUT2D eigenvalue weighted by Crippen LogP contribution is -2.25. The second-order valence-electron chi connectivity index (χ2n) is 5.43. The Morgan fingerprint density at radius 3 is 2.11 bits per heavy atom. The summed E-state index contributed by atoms with van der Waals surface area (Å²) in [7, 11) is 1.58. The molecule has 2 aromatic rings. The molecular formula is C17H17N3O7.